The number of halogens is 1. The van der Waals surface area contributed by atoms with E-state index in [2.05, 4.69) is 31.4 Å². The number of nitrogens with one attached hydrogen (secondary N) is 1. The minimum atomic E-state index is -1.84. The molecule has 18 nitrogen and oxygen atoms in total. The van der Waals surface area contributed by atoms with Gasteiger partial charge < -0.3 is 41.1 Å². The molecule has 46 heavy (non-hydrogen) atoms. The van der Waals surface area contributed by atoms with Crippen molar-refractivity contribution in [2.75, 3.05) is 18.0 Å². The third kappa shape index (κ3) is 5.56. The van der Waals surface area contributed by atoms with E-state index in [-0.39, 0.29) is 37.8 Å². The SMILES string of the molecule is CC(C)(O/N=C(\C(=O)NC1C(=O)N2C(OC(=O)O)=C(CN3C(=O)c4cc(O)c(O)c(Br)c4C3=O)CS[C@@H]12)c1csc(N)n1)C(=O)O. The number of anilines is 1. The van der Waals surface area contributed by atoms with Gasteiger partial charge in [0.2, 0.25) is 11.5 Å². The molecule has 1 fully saturated rings. The predicted octanol–water partition coefficient (Wildman–Crippen LogP) is 1.09. The maximum atomic E-state index is 13.3. The quantitative estimate of drug-likeness (QED) is 0.0524. The second kappa shape index (κ2) is 11.8. The zero-order chi connectivity index (χ0) is 33.8. The number of aromatic nitrogens is 1. The van der Waals surface area contributed by atoms with E-state index in [0.717, 1.165) is 39.0 Å². The molecule has 4 heterocycles. The number of benzene rings is 1. The van der Waals surface area contributed by atoms with Gasteiger partial charge in [-0.1, -0.05) is 5.16 Å². The first-order valence-electron chi connectivity index (χ1n) is 12.7. The van der Waals surface area contributed by atoms with Crippen molar-refractivity contribution in [2.45, 2.75) is 30.9 Å². The second-order valence-corrected chi connectivity index (χ2v) is 13.0. The van der Waals surface area contributed by atoms with Gasteiger partial charge >= 0.3 is 12.1 Å². The fraction of sp³-hybridized carbons (Fsp3) is 0.280. The number of phenols is 2. The molecule has 0 aliphatic carbocycles. The number of rotatable bonds is 9. The van der Waals surface area contributed by atoms with Crippen molar-refractivity contribution in [3.05, 3.63) is 44.2 Å². The Hall–Kier alpha value is -4.89. The number of nitrogens with zero attached hydrogens (tertiary/aromatic N) is 4. The molecule has 1 saturated heterocycles. The molecular weight excluding hydrogens is 720 g/mol. The van der Waals surface area contributed by atoms with Gasteiger partial charge in [-0.25, -0.2) is 14.6 Å². The van der Waals surface area contributed by atoms with Crippen molar-refractivity contribution in [3.63, 3.8) is 0 Å². The summed E-state index contributed by atoms with van der Waals surface area (Å²) in [6.07, 6.45) is -1.80. The standard InChI is InChI=1S/C25H21BrN6O12S2/c1-25(2,22(39)40)44-30-13(9-6-46-23(27)28-9)16(35)29-14-19(38)32-20(43-24(41)42)7(5-45-21(14)32)4-31-17(36)8-3-10(33)15(34)12(26)11(8)18(31)37/h3,6,14,21,33-34H,4-5H2,1-2H3,(H2,27,28)(H,29,35)(H,39,40)(H,41,42)/b30-13-/t14?,21-/m0/s1. The minimum absolute atomic E-state index is 0.0605. The van der Waals surface area contributed by atoms with E-state index in [9.17, 15) is 49.2 Å². The summed E-state index contributed by atoms with van der Waals surface area (Å²) < 4.78 is 4.70. The highest BCUT2D eigenvalue weighted by Gasteiger charge is 2.55. The first-order valence-corrected chi connectivity index (χ1v) is 15.5. The van der Waals surface area contributed by atoms with Crippen LogP contribution in [-0.4, -0.2) is 106 Å². The van der Waals surface area contributed by atoms with Gasteiger partial charge in [-0.3, -0.25) is 29.0 Å². The fourth-order valence-electron chi connectivity index (χ4n) is 4.44. The molecule has 4 amide bonds. The molecule has 2 aromatic rings. The molecule has 7 N–H and O–H groups in total. The number of aromatic hydroxyl groups is 2. The van der Waals surface area contributed by atoms with Gasteiger partial charge in [-0.2, -0.15) is 0 Å². The van der Waals surface area contributed by atoms with Crippen LogP contribution in [0, 0.1) is 0 Å². The van der Waals surface area contributed by atoms with Crippen molar-refractivity contribution < 1.29 is 58.8 Å². The summed E-state index contributed by atoms with van der Waals surface area (Å²) in [7, 11) is 0. The van der Waals surface area contributed by atoms with E-state index in [4.69, 9.17) is 15.3 Å². The molecule has 1 aromatic heterocycles. The van der Waals surface area contributed by atoms with Gasteiger partial charge in [0.25, 0.3) is 23.6 Å². The molecular formula is C25H21BrN6O12S2. The molecule has 0 spiro atoms. The van der Waals surface area contributed by atoms with E-state index in [1.165, 1.54) is 19.2 Å². The number of ether oxygens (including phenoxy) is 1. The lowest BCUT2D eigenvalue weighted by Crippen LogP contribution is -2.70. The number of carbonyl (C=O) groups excluding carboxylic acids is 4. The van der Waals surface area contributed by atoms with E-state index in [1.54, 1.807) is 0 Å². The smallest absolute Gasteiger partial charge is 0.504 e. The Balaban J connectivity index is 1.39. The molecule has 3 aliphatic rings. The number of carbonyl (C=O) groups is 6. The lowest BCUT2D eigenvalue weighted by Gasteiger charge is -2.49. The predicted molar refractivity (Wildman–Crippen MR) is 160 cm³/mol. The zero-order valence-corrected chi connectivity index (χ0v) is 26.6. The van der Waals surface area contributed by atoms with Crippen molar-refractivity contribution >= 4 is 85.6 Å². The maximum absolute atomic E-state index is 13.3. The number of carboxylic acid groups (broad SMARTS) is 2. The van der Waals surface area contributed by atoms with Crippen LogP contribution in [0.2, 0.25) is 0 Å². The number of nitrogens with two attached hydrogens (primary N) is 1. The molecule has 0 saturated carbocycles. The number of fused-ring (bicyclic) bond motifs is 2. The van der Waals surface area contributed by atoms with Crippen LogP contribution < -0.4 is 11.1 Å². The van der Waals surface area contributed by atoms with E-state index >= 15 is 0 Å². The van der Waals surface area contributed by atoms with Gasteiger partial charge in [0.1, 0.15) is 17.1 Å². The molecule has 21 heteroatoms. The number of hydrogen-bond donors (Lipinski definition) is 6. The highest BCUT2D eigenvalue weighted by Crippen LogP contribution is 2.44. The number of thiazole rings is 1. The first kappa shape index (κ1) is 32.5. The van der Waals surface area contributed by atoms with Crippen LogP contribution in [-0.2, 0) is 24.0 Å². The number of carboxylic acids is 1. The summed E-state index contributed by atoms with van der Waals surface area (Å²) in [5.41, 5.74) is 2.91. The number of amides is 4. The fourth-order valence-corrected chi connectivity index (χ4v) is 6.89. The number of thioether (sulfide) groups is 1. The summed E-state index contributed by atoms with van der Waals surface area (Å²) in [5, 5.41) is 45.3. The summed E-state index contributed by atoms with van der Waals surface area (Å²) in [5.74, 6) is -6.74. The summed E-state index contributed by atoms with van der Waals surface area (Å²) in [6.45, 7) is 1.87. The van der Waals surface area contributed by atoms with Crippen LogP contribution in [0.25, 0.3) is 0 Å². The van der Waals surface area contributed by atoms with Gasteiger partial charge in [-0.15, -0.1) is 23.1 Å². The largest absolute Gasteiger partial charge is 0.512 e. The summed E-state index contributed by atoms with van der Waals surface area (Å²) >= 11 is 5.01. The average molecular weight is 742 g/mol. The van der Waals surface area contributed by atoms with Crippen molar-refractivity contribution in [1.82, 2.24) is 20.1 Å². The van der Waals surface area contributed by atoms with E-state index in [1.807, 2.05) is 0 Å². The van der Waals surface area contributed by atoms with E-state index in [0.29, 0.717) is 0 Å². The van der Waals surface area contributed by atoms with Crippen molar-refractivity contribution in [3.8, 4) is 11.5 Å². The van der Waals surface area contributed by atoms with Gasteiger partial charge in [0.15, 0.2) is 22.3 Å². The number of aliphatic carboxylic acids is 1. The van der Waals surface area contributed by atoms with Crippen LogP contribution in [0.4, 0.5) is 9.93 Å². The van der Waals surface area contributed by atoms with Crippen molar-refractivity contribution in [2.24, 2.45) is 5.16 Å². The Kier molecular flexibility index (Phi) is 8.34. The number of hydrogen-bond acceptors (Lipinski definition) is 15. The summed E-state index contributed by atoms with van der Waals surface area (Å²) in [4.78, 5) is 86.6. The summed E-state index contributed by atoms with van der Waals surface area (Å²) in [6, 6.07) is -0.330. The average Bonchev–Trinajstić information content (AvgIpc) is 3.50. The number of nitrogen functional groups attached to an aromatic ring is 1. The Morgan fingerprint density at radius 3 is 2.52 bits per heavy atom. The van der Waals surface area contributed by atoms with Crippen LogP contribution in [0.15, 0.2) is 32.5 Å². The van der Waals surface area contributed by atoms with Gasteiger partial charge in [0, 0.05) is 16.7 Å². The molecule has 242 valence electrons. The highest BCUT2D eigenvalue weighted by molar-refractivity contribution is 9.10. The van der Waals surface area contributed by atoms with Crippen LogP contribution in [0.1, 0.15) is 40.3 Å². The Morgan fingerprint density at radius 1 is 1.22 bits per heavy atom. The topological polar surface area (TPSA) is 272 Å². The molecule has 5 rings (SSSR count). The normalized spacial score (nSPS) is 19.5. The Morgan fingerprint density at radius 2 is 1.91 bits per heavy atom. The lowest BCUT2D eigenvalue weighted by atomic mass is 10.1. The monoisotopic (exact) mass is 740 g/mol. The van der Waals surface area contributed by atoms with Crippen LogP contribution in [0.3, 0.4) is 0 Å². The van der Waals surface area contributed by atoms with Gasteiger partial charge in [0.05, 0.1) is 22.1 Å². The third-order valence-corrected chi connectivity index (χ3v) is 9.61. The van der Waals surface area contributed by atoms with Crippen molar-refractivity contribution in [1.29, 1.82) is 0 Å². The number of oxime groups is 1. The minimum Gasteiger partial charge on any atom is -0.504 e. The van der Waals surface area contributed by atoms with E-state index < -0.39 is 82.4 Å². The molecule has 1 unspecified atom stereocenters. The molecule has 2 atom stereocenters. The van der Waals surface area contributed by atoms with Gasteiger partial charge in [-0.05, 0) is 35.8 Å². The zero-order valence-electron chi connectivity index (χ0n) is 23.3. The van der Waals surface area contributed by atoms with Crippen LogP contribution >= 0.6 is 39.0 Å². The number of phenolic OH excluding ortho intramolecular Hbond substituents is 2. The Bertz CT molecular complexity index is 1810. The third-order valence-electron chi connectivity index (χ3n) is 6.83. The molecule has 0 bridgehead atoms. The number of β-lactam (4-membered cyclic amide) rings is 1. The molecule has 1 aromatic carbocycles. The second-order valence-electron chi connectivity index (χ2n) is 10.2. The molecule has 3 aliphatic heterocycles. The first-order chi connectivity index (χ1) is 21.5. The Labute approximate surface area is 273 Å². The highest BCUT2D eigenvalue weighted by atomic mass is 79.9. The van der Waals surface area contributed by atoms with Crippen LogP contribution in [0.5, 0.6) is 11.5 Å². The lowest BCUT2D eigenvalue weighted by molar-refractivity contribution is -0.161. The maximum Gasteiger partial charge on any atom is 0.512 e. The number of imide groups is 1. The molecule has 0 radical (unpaired) electrons.